The molecule has 5 aliphatic carbocycles. The van der Waals surface area contributed by atoms with E-state index in [1.54, 1.807) is 144 Å². The molecule has 0 aromatic heterocycles. The predicted octanol–water partition coefficient (Wildman–Crippen LogP) is 13.6. The van der Waals surface area contributed by atoms with Crippen LogP contribution >= 0.6 is 15.2 Å². The molecule has 49 heavy (non-hydrogen) atoms. The Morgan fingerprint density at radius 3 is 1.59 bits per heavy atom. The Morgan fingerprint density at radius 2 is 1.02 bits per heavy atom. The first-order chi connectivity index (χ1) is 24.0. The number of hydrogen-bond acceptors (Lipinski definition) is 0. The van der Waals surface area contributed by atoms with Crippen molar-refractivity contribution in [3.63, 3.8) is 0 Å². The summed E-state index contributed by atoms with van der Waals surface area (Å²) in [5.74, 6) is 1.99. The predicted molar refractivity (Wildman–Crippen MR) is 219 cm³/mol. The number of aryl methyl sites for hydroxylation is 2. The summed E-state index contributed by atoms with van der Waals surface area (Å²) in [5.41, 5.74) is 7.62. The van der Waals surface area contributed by atoms with Crippen molar-refractivity contribution in [2.24, 2.45) is 17.3 Å². The molecule has 2 aromatic carbocycles. The smallest absolute Gasteiger partial charge is 0.0620 e. The maximum absolute atomic E-state index is 2.91. The van der Waals surface area contributed by atoms with E-state index in [0.29, 0.717) is 5.41 Å². The lowest BCUT2D eigenvalue weighted by Gasteiger charge is -2.63. The monoisotopic (exact) mass is 698 g/mol. The fourth-order valence-corrected chi connectivity index (χ4v) is 28.8. The van der Waals surface area contributed by atoms with E-state index in [-0.39, 0.29) is 0 Å². The first-order valence-corrected chi connectivity index (χ1v) is 25.2. The molecular weight excluding hydrogens is 626 g/mol. The molecule has 1 aliphatic heterocycles. The summed E-state index contributed by atoms with van der Waals surface area (Å²) < 4.78 is 0. The van der Waals surface area contributed by atoms with Crippen LogP contribution in [-0.2, 0) is 0 Å². The highest BCUT2D eigenvalue weighted by atomic mass is 31.2. The minimum Gasteiger partial charge on any atom is -0.0620 e. The first kappa shape index (κ1) is 35.3. The van der Waals surface area contributed by atoms with Crippen LogP contribution in [0.5, 0.6) is 0 Å². The zero-order chi connectivity index (χ0) is 33.5. The maximum atomic E-state index is 2.91. The van der Waals surface area contributed by atoms with Crippen molar-refractivity contribution >= 4 is 25.8 Å². The van der Waals surface area contributed by atoms with Gasteiger partial charge < -0.3 is 0 Å². The van der Waals surface area contributed by atoms with Crippen molar-refractivity contribution in [3.8, 4) is 0 Å². The molecule has 0 nitrogen and oxygen atoms in total. The van der Waals surface area contributed by atoms with E-state index >= 15 is 0 Å². The third kappa shape index (κ3) is 5.81. The molecule has 0 amide bonds. The molecule has 1 spiro atoms. The van der Waals surface area contributed by atoms with Crippen LogP contribution in [0.2, 0.25) is 0 Å². The average Bonchev–Trinajstić information content (AvgIpc) is 3.83. The molecule has 6 aliphatic rings. The van der Waals surface area contributed by atoms with Crippen molar-refractivity contribution in [1.29, 1.82) is 0 Å². The molecule has 3 unspecified atom stereocenters. The van der Waals surface area contributed by atoms with Crippen molar-refractivity contribution in [2.75, 3.05) is 0 Å². The van der Waals surface area contributed by atoms with Crippen LogP contribution in [0.1, 0.15) is 172 Å². The zero-order valence-corrected chi connectivity index (χ0v) is 33.7. The lowest BCUT2D eigenvalue weighted by Crippen LogP contribution is -2.57. The molecule has 8 rings (SSSR count). The standard InChI is InChI=1S/C47H71P2/c1-36-20-10-14-30-43(36)48(44-31-15-11-21-37(44)2)38(3)47-35-19-32-45(47)49(41-26-6-4-7-27-41,42-28-8-5-9-29-42)46(33-16-17-34-46)39-22-12-13-23-40(47)25-18-24-39/h10-11,14-15,20-21,30-31,38-42,45H,4-9,12-13,16-19,22-29,32-35H2,1-3H3/q+1/t38?,39?,40?,45-,47+/m0/s1. The minimum atomic E-state index is -1.37. The van der Waals surface area contributed by atoms with Crippen LogP contribution in [0, 0.1) is 31.1 Å². The third-order valence-electron chi connectivity index (χ3n) is 16.7. The molecule has 2 aromatic rings. The lowest BCUT2D eigenvalue weighted by molar-refractivity contribution is 0.141. The van der Waals surface area contributed by atoms with Crippen LogP contribution in [0.4, 0.5) is 0 Å². The average molecular weight is 698 g/mol. The second-order valence-electron chi connectivity index (χ2n) is 18.5. The molecule has 0 N–H and O–H groups in total. The third-order valence-corrected chi connectivity index (χ3v) is 27.6. The van der Waals surface area contributed by atoms with Crippen LogP contribution in [0.3, 0.4) is 0 Å². The summed E-state index contributed by atoms with van der Waals surface area (Å²) in [7, 11) is -1.83. The molecule has 2 bridgehead atoms. The quantitative estimate of drug-likeness (QED) is 0.264. The van der Waals surface area contributed by atoms with Gasteiger partial charge in [0, 0.05) is 12.7 Å². The van der Waals surface area contributed by atoms with Gasteiger partial charge in [0.1, 0.15) is 0 Å². The van der Waals surface area contributed by atoms with Gasteiger partial charge in [-0.15, -0.1) is 0 Å². The van der Waals surface area contributed by atoms with Gasteiger partial charge >= 0.3 is 0 Å². The van der Waals surface area contributed by atoms with Crippen molar-refractivity contribution < 1.29 is 0 Å². The number of benzene rings is 2. The van der Waals surface area contributed by atoms with E-state index in [2.05, 4.69) is 69.3 Å². The van der Waals surface area contributed by atoms with Gasteiger partial charge in [0.05, 0.1) is 22.1 Å². The highest BCUT2D eigenvalue weighted by molar-refractivity contribution is 7.79. The summed E-state index contributed by atoms with van der Waals surface area (Å²) in [4.78, 5) is 0. The van der Waals surface area contributed by atoms with Gasteiger partial charge in [-0.25, -0.2) is 0 Å². The molecule has 1 heterocycles. The van der Waals surface area contributed by atoms with E-state index in [1.165, 1.54) is 32.1 Å². The van der Waals surface area contributed by atoms with E-state index in [0.717, 1.165) is 39.6 Å². The highest BCUT2D eigenvalue weighted by Gasteiger charge is 2.76. The van der Waals surface area contributed by atoms with Crippen LogP contribution < -0.4 is 10.6 Å². The molecule has 1 saturated heterocycles. The molecule has 268 valence electrons. The van der Waals surface area contributed by atoms with Gasteiger partial charge in [0.25, 0.3) is 0 Å². The second kappa shape index (κ2) is 15.0. The Labute approximate surface area is 304 Å². The number of rotatable bonds is 6. The van der Waals surface area contributed by atoms with Crippen LogP contribution in [0.25, 0.3) is 0 Å². The largest absolute Gasteiger partial charge is 0.0835 e. The van der Waals surface area contributed by atoms with Crippen LogP contribution in [-0.4, -0.2) is 27.8 Å². The summed E-state index contributed by atoms with van der Waals surface area (Å²) in [6, 6.07) is 19.5. The molecule has 5 saturated carbocycles. The summed E-state index contributed by atoms with van der Waals surface area (Å²) in [6.45, 7) is 7.82. The minimum absolute atomic E-state index is 0.460. The van der Waals surface area contributed by atoms with Gasteiger partial charge in [-0.2, -0.15) is 0 Å². The summed E-state index contributed by atoms with van der Waals surface area (Å²) in [6.07, 6.45) is 37.8. The number of fused-ring (bicyclic) bond motifs is 7. The maximum Gasteiger partial charge on any atom is 0.0835 e. The van der Waals surface area contributed by atoms with Gasteiger partial charge in [-0.1, -0.05) is 87.6 Å². The fourth-order valence-electron chi connectivity index (χ4n) is 15.1. The number of hydrogen-bond donors (Lipinski definition) is 0. The van der Waals surface area contributed by atoms with E-state index in [9.17, 15) is 0 Å². The molecule has 5 atom stereocenters. The topological polar surface area (TPSA) is 0 Å². The molecule has 2 heteroatoms. The van der Waals surface area contributed by atoms with Crippen molar-refractivity contribution in [2.45, 2.75) is 203 Å². The van der Waals surface area contributed by atoms with Crippen molar-refractivity contribution in [3.05, 3.63) is 59.7 Å². The normalized spacial score (nSPS) is 33.0. The summed E-state index contributed by atoms with van der Waals surface area (Å²) >= 11 is 0. The van der Waals surface area contributed by atoms with Crippen LogP contribution in [0.15, 0.2) is 48.5 Å². The zero-order valence-electron chi connectivity index (χ0n) is 31.9. The Kier molecular flexibility index (Phi) is 10.8. The van der Waals surface area contributed by atoms with E-state index in [4.69, 9.17) is 0 Å². The molecule has 6 fully saturated rings. The Bertz CT molecular complexity index is 1330. The Balaban J connectivity index is 1.42. The van der Waals surface area contributed by atoms with Gasteiger partial charge in [0.2, 0.25) is 0 Å². The van der Waals surface area contributed by atoms with E-state index < -0.39 is 15.2 Å². The van der Waals surface area contributed by atoms with Crippen molar-refractivity contribution in [1.82, 2.24) is 0 Å². The fraction of sp³-hybridized carbons (Fsp3) is 0.745. The Morgan fingerprint density at radius 1 is 0.531 bits per heavy atom. The second-order valence-corrected chi connectivity index (χ2v) is 25.6. The first-order valence-electron chi connectivity index (χ1n) is 21.8. The van der Waals surface area contributed by atoms with Gasteiger partial charge in [-0.05, 0) is 183 Å². The summed E-state index contributed by atoms with van der Waals surface area (Å²) in [5, 5.41) is 4.16. The van der Waals surface area contributed by atoms with Gasteiger partial charge in [0.15, 0.2) is 0 Å². The van der Waals surface area contributed by atoms with Gasteiger partial charge in [-0.3, -0.25) is 0 Å². The molecular formula is C47H71P2+. The Hall–Kier alpha value is -0.700. The van der Waals surface area contributed by atoms with E-state index in [1.807, 2.05) is 0 Å². The molecule has 0 radical (unpaired) electrons. The SMILES string of the molecule is Cc1ccccc1P(c1ccccc1C)C(C)[C@@]12CCC[C@@H]1[P+](C1CCCCC1)(C1CCCCC1)C1(CCCC1)C1CCCCC2CCC1. The highest BCUT2D eigenvalue weighted by Crippen LogP contribution is 2.91. The lowest BCUT2D eigenvalue weighted by atomic mass is 9.67.